The molecule has 0 aliphatic carbocycles. The molecule has 4 aromatic carbocycles. The van der Waals surface area contributed by atoms with Crippen LogP contribution >= 0.6 is 0 Å². The first-order chi connectivity index (χ1) is 21.5. The van der Waals surface area contributed by atoms with Crippen LogP contribution in [0.2, 0.25) is 0 Å². The number of aryl methyl sites for hydroxylation is 2. The number of carbonyl (C=O) groups excluding carboxylic acids is 4. The Kier molecular flexibility index (Phi) is 8.79. The quantitative estimate of drug-likeness (QED) is 0.205. The maximum atomic E-state index is 14.5. The Morgan fingerprint density at radius 3 is 1.71 bits per heavy atom. The van der Waals surface area contributed by atoms with Crippen LogP contribution in [-0.4, -0.2) is 63.4 Å². The number of ether oxygens (including phenoxy) is 3. The van der Waals surface area contributed by atoms with Crippen LogP contribution in [0.3, 0.4) is 0 Å². The minimum absolute atomic E-state index is 0.0150. The van der Waals surface area contributed by atoms with Crippen LogP contribution in [0.1, 0.15) is 59.5 Å². The van der Waals surface area contributed by atoms with E-state index >= 15 is 0 Å². The fourth-order valence-corrected chi connectivity index (χ4v) is 5.49. The highest BCUT2D eigenvalue weighted by atomic mass is 16.7. The van der Waals surface area contributed by atoms with Gasteiger partial charge < -0.3 is 24.4 Å². The van der Waals surface area contributed by atoms with E-state index in [1.165, 1.54) is 43.3 Å². The Hall–Kier alpha value is -4.96. The summed E-state index contributed by atoms with van der Waals surface area (Å²) < 4.78 is 17.6. The van der Waals surface area contributed by atoms with Crippen molar-refractivity contribution in [1.82, 2.24) is 0 Å². The molecular weight excluding hydrogens is 576 g/mol. The molecule has 0 saturated carbocycles. The van der Waals surface area contributed by atoms with Gasteiger partial charge in [-0.25, -0.2) is 9.59 Å². The van der Waals surface area contributed by atoms with Crippen LogP contribution in [0.5, 0.6) is 0 Å². The van der Waals surface area contributed by atoms with Crippen molar-refractivity contribution >= 4 is 23.5 Å². The molecule has 0 amide bonds. The van der Waals surface area contributed by atoms with Gasteiger partial charge in [-0.3, -0.25) is 9.59 Å². The van der Waals surface area contributed by atoms with Crippen molar-refractivity contribution in [1.29, 1.82) is 0 Å². The Bertz CT molecular complexity index is 1740. The van der Waals surface area contributed by atoms with Gasteiger partial charge in [-0.2, -0.15) is 0 Å². The second kappa shape index (κ2) is 12.6. The molecule has 0 radical (unpaired) electrons. The molecule has 0 bridgehead atoms. The van der Waals surface area contributed by atoms with E-state index in [4.69, 9.17) is 14.2 Å². The lowest BCUT2D eigenvalue weighted by Gasteiger charge is -2.40. The molecule has 1 aliphatic rings. The van der Waals surface area contributed by atoms with Crippen molar-refractivity contribution < 1.29 is 43.6 Å². The molecule has 1 saturated heterocycles. The molecular formula is C36H32O9. The van der Waals surface area contributed by atoms with Gasteiger partial charge in [0.2, 0.25) is 23.3 Å². The van der Waals surface area contributed by atoms with E-state index in [1.54, 1.807) is 86.6 Å². The van der Waals surface area contributed by atoms with Gasteiger partial charge in [-0.05, 0) is 56.2 Å². The molecule has 4 aromatic rings. The van der Waals surface area contributed by atoms with E-state index in [1.807, 2.05) is 0 Å². The van der Waals surface area contributed by atoms with Gasteiger partial charge in [0.25, 0.3) is 0 Å². The lowest BCUT2D eigenvalue weighted by Crippen LogP contribution is -2.67. The van der Waals surface area contributed by atoms with Crippen LogP contribution < -0.4 is 0 Å². The number of hydrogen-bond donors (Lipinski definition) is 2. The predicted molar refractivity (Wildman–Crippen MR) is 163 cm³/mol. The number of esters is 2. The van der Waals surface area contributed by atoms with Gasteiger partial charge >= 0.3 is 11.9 Å². The van der Waals surface area contributed by atoms with Crippen LogP contribution in [0.25, 0.3) is 0 Å². The normalized spacial score (nSPS) is 23.1. The first-order valence-corrected chi connectivity index (χ1v) is 14.3. The summed E-state index contributed by atoms with van der Waals surface area (Å²) >= 11 is 0. The number of carbonyl (C=O) groups is 4. The Morgan fingerprint density at radius 2 is 1.18 bits per heavy atom. The van der Waals surface area contributed by atoms with Crippen LogP contribution in [0.4, 0.5) is 0 Å². The molecule has 9 nitrogen and oxygen atoms in total. The van der Waals surface area contributed by atoms with E-state index < -0.39 is 53.2 Å². The molecule has 0 spiro atoms. The fourth-order valence-electron chi connectivity index (χ4n) is 5.49. The summed E-state index contributed by atoms with van der Waals surface area (Å²) in [6.07, 6.45) is -6.14. The summed E-state index contributed by atoms with van der Waals surface area (Å²) in [5.74, 6) is -3.77. The van der Waals surface area contributed by atoms with Gasteiger partial charge in [0.05, 0.1) is 11.1 Å². The van der Waals surface area contributed by atoms with Gasteiger partial charge in [-0.1, -0.05) is 84.9 Å². The highest BCUT2D eigenvalue weighted by Crippen LogP contribution is 2.47. The molecule has 1 heterocycles. The molecule has 5 atom stereocenters. The van der Waals surface area contributed by atoms with E-state index in [2.05, 4.69) is 0 Å². The number of benzene rings is 4. The number of aliphatic hydroxyl groups excluding tert-OH is 1. The topological polar surface area (TPSA) is 136 Å². The van der Waals surface area contributed by atoms with Gasteiger partial charge in [-0.15, -0.1) is 0 Å². The first kappa shape index (κ1) is 31.5. The fraction of sp³-hybridized carbons (Fsp3) is 0.222. The average Bonchev–Trinajstić information content (AvgIpc) is 3.27. The molecule has 1 aliphatic heterocycles. The van der Waals surface area contributed by atoms with Crippen LogP contribution in [0.15, 0.2) is 109 Å². The smallest absolute Gasteiger partial charge is 0.340 e. The second-order valence-corrected chi connectivity index (χ2v) is 11.1. The predicted octanol–water partition coefficient (Wildman–Crippen LogP) is 4.66. The molecule has 1 unspecified atom stereocenters. The standard InChI is InChI=1S/C36H32O9/c1-22-14-10-12-20-26(22)28(37)29(38)31-36(42,30(39)27-21-13-11-15-23(27)2)35(3,45-33(41)25-18-8-5-9-19-25)34(43-31)44-32(40)24-16-6-4-7-17-24/h4-21,29,31,34,38,42H,1-3H3/t29?,31-,34+,35+,36-/m1/s1. The largest absolute Gasteiger partial charge is 0.445 e. The summed E-state index contributed by atoms with van der Waals surface area (Å²) in [5, 5.41) is 24.2. The maximum absolute atomic E-state index is 14.5. The van der Waals surface area contributed by atoms with Crippen LogP contribution in [-0.2, 0) is 14.2 Å². The average molecular weight is 609 g/mol. The monoisotopic (exact) mass is 608 g/mol. The molecule has 45 heavy (non-hydrogen) atoms. The van der Waals surface area contributed by atoms with Crippen LogP contribution in [0, 0.1) is 13.8 Å². The van der Waals surface area contributed by atoms with Crippen molar-refractivity contribution in [3.05, 3.63) is 143 Å². The van der Waals surface area contributed by atoms with Gasteiger partial charge in [0.15, 0.2) is 5.78 Å². The number of rotatable bonds is 9. The first-order valence-electron chi connectivity index (χ1n) is 14.3. The summed E-state index contributed by atoms with van der Waals surface area (Å²) in [6, 6.07) is 28.4. The van der Waals surface area contributed by atoms with E-state index in [9.17, 15) is 29.4 Å². The van der Waals surface area contributed by atoms with Gasteiger partial charge in [0, 0.05) is 11.1 Å². The third-order valence-corrected chi connectivity index (χ3v) is 8.13. The Labute approximate surface area is 260 Å². The SMILES string of the molecule is Cc1ccccc1C(=O)C(O)[C@H]1O[C@@H](OC(=O)c2ccccc2)[C@](C)(OC(=O)c2ccccc2)[C@@]1(O)C(=O)c1ccccc1C. The zero-order valence-electron chi connectivity index (χ0n) is 24.9. The van der Waals surface area contributed by atoms with Crippen molar-refractivity contribution in [2.24, 2.45) is 0 Å². The number of Topliss-reactive ketones (excluding diaryl/α,β-unsaturated/α-hetero) is 2. The summed E-state index contributed by atoms with van der Waals surface area (Å²) in [7, 11) is 0. The van der Waals surface area contributed by atoms with E-state index in [0.29, 0.717) is 11.1 Å². The number of aliphatic hydroxyl groups is 2. The van der Waals surface area contributed by atoms with Crippen molar-refractivity contribution in [3.63, 3.8) is 0 Å². The summed E-state index contributed by atoms with van der Waals surface area (Å²) in [4.78, 5) is 55.0. The summed E-state index contributed by atoms with van der Waals surface area (Å²) in [6.45, 7) is 4.48. The molecule has 9 heteroatoms. The third-order valence-electron chi connectivity index (χ3n) is 8.13. The van der Waals surface area contributed by atoms with E-state index in [0.717, 1.165) is 0 Å². The van der Waals surface area contributed by atoms with Crippen molar-refractivity contribution in [2.45, 2.75) is 50.5 Å². The molecule has 0 aromatic heterocycles. The lowest BCUT2D eigenvalue weighted by atomic mass is 9.73. The number of hydrogen-bond acceptors (Lipinski definition) is 9. The number of ketones is 2. The van der Waals surface area contributed by atoms with Crippen molar-refractivity contribution in [3.8, 4) is 0 Å². The van der Waals surface area contributed by atoms with E-state index in [-0.39, 0.29) is 22.3 Å². The Morgan fingerprint density at radius 1 is 0.711 bits per heavy atom. The van der Waals surface area contributed by atoms with Crippen molar-refractivity contribution in [2.75, 3.05) is 0 Å². The molecule has 5 rings (SSSR count). The molecule has 1 fully saturated rings. The molecule has 230 valence electrons. The summed E-state index contributed by atoms with van der Waals surface area (Å²) in [5.41, 5.74) is -4.13. The van der Waals surface area contributed by atoms with Gasteiger partial charge in [0.1, 0.15) is 12.2 Å². The zero-order chi connectivity index (χ0) is 32.4. The molecule has 2 N–H and O–H groups in total. The highest BCUT2D eigenvalue weighted by Gasteiger charge is 2.74. The minimum atomic E-state index is -2.94. The second-order valence-electron chi connectivity index (χ2n) is 11.1. The third kappa shape index (κ3) is 5.69. The maximum Gasteiger partial charge on any atom is 0.340 e. The minimum Gasteiger partial charge on any atom is -0.445 e. The Balaban J connectivity index is 1.67. The highest BCUT2D eigenvalue weighted by molar-refractivity contribution is 6.07. The zero-order valence-corrected chi connectivity index (χ0v) is 24.9. The lowest BCUT2D eigenvalue weighted by molar-refractivity contribution is -0.181.